The summed E-state index contributed by atoms with van der Waals surface area (Å²) in [5, 5.41) is 12.1. The van der Waals surface area contributed by atoms with Gasteiger partial charge in [-0.25, -0.2) is 4.39 Å². The van der Waals surface area contributed by atoms with Gasteiger partial charge in [-0.2, -0.15) is 0 Å². The number of piperidine rings is 1. The topological polar surface area (TPSA) is 300 Å². The first-order chi connectivity index (χ1) is 40.8. The summed E-state index contributed by atoms with van der Waals surface area (Å²) < 4.78 is 68.0. The molecule has 2 fully saturated rings. The first kappa shape index (κ1) is 78.6. The summed E-state index contributed by atoms with van der Waals surface area (Å²) in [6, 6.07) is 6.87. The van der Waals surface area contributed by atoms with Crippen molar-refractivity contribution in [3.05, 3.63) is 64.5 Å². The normalized spacial score (nSPS) is 16.0. The number of hydrogen-bond acceptors (Lipinski definition) is 21. The lowest BCUT2D eigenvalue weighted by Gasteiger charge is -2.28. The molecule has 1 aliphatic carbocycles. The van der Waals surface area contributed by atoms with Gasteiger partial charge in [-0.3, -0.25) is 58.3 Å². The molecule has 2 aromatic carbocycles. The van der Waals surface area contributed by atoms with Crippen LogP contribution in [-0.4, -0.2) is 240 Å². The maximum atomic E-state index is 13.7. The zero-order valence-corrected chi connectivity index (χ0v) is 51.5. The van der Waals surface area contributed by atoms with Gasteiger partial charge in [-0.05, 0) is 57.0 Å². The van der Waals surface area contributed by atoms with Gasteiger partial charge in [0.1, 0.15) is 17.6 Å². The molecule has 0 bridgehead atoms. The Hall–Kier alpha value is -5.46. The molecule has 4 aliphatic rings. The number of hydrogen-bond donors (Lipinski definition) is 3. The number of carbonyl (C=O) groups is 9. The van der Waals surface area contributed by atoms with E-state index in [0.29, 0.717) is 131 Å². The van der Waals surface area contributed by atoms with Crippen LogP contribution in [0.25, 0.3) is 0 Å². The number of fused-ring (bicyclic) bond motifs is 2. The van der Waals surface area contributed by atoms with Crippen LogP contribution in [0.3, 0.4) is 0 Å². The average molecular weight is 1270 g/mol. The molecule has 25 nitrogen and oxygen atoms in total. The molecule has 486 valence electrons. The van der Waals surface area contributed by atoms with E-state index in [-0.39, 0.29) is 91.4 Å². The number of Topliss-reactive ketones (excluding diaryl/α,β-unsaturated/α-hetero) is 2. The number of unbranched alkanes of at least 4 members (excludes halogenated alkanes) is 2. The van der Waals surface area contributed by atoms with Crippen molar-refractivity contribution in [1.29, 1.82) is 0 Å². The molecule has 3 N–H and O–H groups in total. The van der Waals surface area contributed by atoms with Crippen molar-refractivity contribution in [2.24, 2.45) is 0 Å². The summed E-state index contributed by atoms with van der Waals surface area (Å²) in [5.74, 6) is -5.00. The molecule has 0 aromatic heterocycles. The third-order valence-corrected chi connectivity index (χ3v) is 12.8. The van der Waals surface area contributed by atoms with Gasteiger partial charge in [0.25, 0.3) is 30.1 Å². The number of rotatable bonds is 39. The highest BCUT2D eigenvalue weighted by Gasteiger charge is 2.47. The quantitative estimate of drug-likeness (QED) is 0.0366. The molecule has 0 radical (unpaired) electrons. The second-order valence-corrected chi connectivity index (χ2v) is 19.0. The Balaban J connectivity index is 0.000000679. The van der Waals surface area contributed by atoms with E-state index in [0.717, 1.165) is 48.5 Å². The van der Waals surface area contributed by atoms with E-state index in [1.807, 2.05) is 11.9 Å². The summed E-state index contributed by atoms with van der Waals surface area (Å²) >= 11 is 0. The Bertz CT molecular complexity index is 2340. The number of amides is 6. The van der Waals surface area contributed by atoms with E-state index in [4.69, 9.17) is 57.3 Å². The lowest BCUT2D eigenvalue weighted by atomic mass is 9.92. The lowest BCUT2D eigenvalue weighted by Crippen LogP contribution is -2.54. The van der Waals surface area contributed by atoms with Crippen molar-refractivity contribution in [2.75, 3.05) is 164 Å². The molecule has 0 spiro atoms. The number of imide groups is 3. The molecule has 3 aliphatic heterocycles. The second-order valence-electron chi connectivity index (χ2n) is 19.0. The first-order valence-corrected chi connectivity index (χ1v) is 28.6. The molecule has 2 atom stereocenters. The van der Waals surface area contributed by atoms with Crippen LogP contribution in [-0.2, 0) is 71.3 Å². The maximum Gasteiger partial charge on any atom is 0.290 e. The first-order valence-electron chi connectivity index (χ1n) is 28.6. The van der Waals surface area contributed by atoms with Gasteiger partial charge >= 0.3 is 0 Å². The highest BCUT2D eigenvalue weighted by Crippen LogP contribution is 2.34. The van der Waals surface area contributed by atoms with Gasteiger partial charge in [-0.1, -0.05) is 38.8 Å². The van der Waals surface area contributed by atoms with Crippen molar-refractivity contribution in [3.63, 3.8) is 0 Å². The molecule has 6 amide bonds. The van der Waals surface area contributed by atoms with Gasteiger partial charge in [0, 0.05) is 46.2 Å². The van der Waals surface area contributed by atoms with Crippen LogP contribution in [0.1, 0.15) is 113 Å². The van der Waals surface area contributed by atoms with Crippen LogP contribution in [0, 0.1) is 5.82 Å². The van der Waals surface area contributed by atoms with Crippen LogP contribution in [0.4, 0.5) is 10.1 Å². The number of nitrogens with one attached hydrogen (secondary N) is 2. The molecular weight excluding hydrogens is 1180 g/mol. The molecule has 3 heterocycles. The minimum absolute atomic E-state index is 0. The van der Waals surface area contributed by atoms with Crippen molar-refractivity contribution >= 4 is 84.0 Å². The van der Waals surface area contributed by atoms with Gasteiger partial charge in [0.2, 0.25) is 11.8 Å². The minimum Gasteiger partial charge on any atom is -0.483 e. The number of nitrogens with zero attached hydrogens (tertiary/aromatic N) is 3. The van der Waals surface area contributed by atoms with E-state index in [1.165, 1.54) is 25.0 Å². The fourth-order valence-corrected chi connectivity index (χ4v) is 8.45. The number of anilines is 1. The monoisotopic (exact) mass is 1260 g/mol. The fraction of sp³-hybridized carbons (Fsp3) is 0.638. The number of carbonyl (C=O) groups excluding carboxylic acids is 8. The Morgan fingerprint density at radius 3 is 1.40 bits per heavy atom. The lowest BCUT2D eigenvalue weighted by molar-refractivity contribution is -0.136. The number of carboxylic acid groups (broad SMARTS) is 1. The zero-order chi connectivity index (χ0) is 61.3. The summed E-state index contributed by atoms with van der Waals surface area (Å²) in [5.41, 5.74) is 0.762. The van der Waals surface area contributed by atoms with Crippen LogP contribution in [0.2, 0.25) is 0 Å². The SMILES string of the molecule is CCCCOCCOCCOCCOCCOCCCC.CNCCOCCOCCOCCOCCOCCN(C)c1cccc2c1C(=O)N(C1CCC(=O)NC1=O)C2=O.Cl.Cl.O=C1CCC(N2C(=O)c3cccc(F)c3C2=O)C(=O)C1.O=CO. The van der Waals surface area contributed by atoms with Gasteiger partial charge in [0.15, 0.2) is 5.78 Å². The number of benzene rings is 2. The summed E-state index contributed by atoms with van der Waals surface area (Å²) in [4.78, 5) is 109. The van der Waals surface area contributed by atoms with Crippen LogP contribution in [0.5, 0.6) is 0 Å². The maximum absolute atomic E-state index is 13.7. The van der Waals surface area contributed by atoms with Crippen LogP contribution < -0.4 is 15.5 Å². The van der Waals surface area contributed by atoms with E-state index in [9.17, 15) is 42.7 Å². The van der Waals surface area contributed by atoms with E-state index in [1.54, 1.807) is 25.2 Å². The number of ketones is 2. The van der Waals surface area contributed by atoms with Gasteiger partial charge in [-0.15, -0.1) is 24.8 Å². The molecule has 2 unspecified atom stereocenters. The number of halogens is 3. The molecule has 1 saturated heterocycles. The highest BCUT2D eigenvalue weighted by molar-refractivity contribution is 6.26. The summed E-state index contributed by atoms with van der Waals surface area (Å²) in [6.07, 6.45) is 4.75. The average Bonchev–Trinajstić information content (AvgIpc) is 1.67. The highest BCUT2D eigenvalue weighted by atomic mass is 35.5. The Morgan fingerprint density at radius 2 is 0.965 bits per heavy atom. The van der Waals surface area contributed by atoms with Crippen molar-refractivity contribution < 1.29 is 100 Å². The smallest absolute Gasteiger partial charge is 0.290 e. The second kappa shape index (κ2) is 47.6. The minimum atomic E-state index is -0.997. The van der Waals surface area contributed by atoms with E-state index >= 15 is 0 Å². The number of ether oxygens (including phenoxy) is 10. The molecule has 2 aromatic rings. The summed E-state index contributed by atoms with van der Waals surface area (Å²) in [6.45, 7) is 16.9. The predicted octanol–water partition coefficient (Wildman–Crippen LogP) is 4.15. The zero-order valence-electron chi connectivity index (χ0n) is 49.9. The third-order valence-electron chi connectivity index (χ3n) is 12.8. The van der Waals surface area contributed by atoms with Crippen molar-refractivity contribution in [3.8, 4) is 0 Å². The predicted molar refractivity (Wildman–Crippen MR) is 316 cm³/mol. The molecular formula is C58H88Cl2FN5O20. The Labute approximate surface area is 515 Å². The molecule has 28 heteroatoms. The molecule has 1 saturated carbocycles. The van der Waals surface area contributed by atoms with Gasteiger partial charge in [0.05, 0.1) is 159 Å². The molecule has 86 heavy (non-hydrogen) atoms. The van der Waals surface area contributed by atoms with Crippen molar-refractivity contribution in [2.45, 2.75) is 83.7 Å². The standard InChI is InChI=1S/C27H40N4O9.C16H34O5.C14H10FNO4.CH2O2.2ClH/c1-28-8-10-36-12-14-38-16-18-40-19-17-39-15-13-37-11-9-30(2)21-5-3-4-20-24(21)27(35)31(26(20)34)22-6-7-23(32)29-25(22)33;1-3-5-7-17-9-11-19-13-15-21-16-14-20-12-10-18-8-6-4-2;15-9-3-1-2-8-12(9)14(20)16(13(8)19)10-5-4-7(17)6-11(10)18;2-1-3;;/h3-5,22,28H,6-19H2,1-2H3,(H,29,32,33);3-16H2,1-2H3;1-3,10H,4-6H2;1H,(H,2,3);2*1H. The summed E-state index contributed by atoms with van der Waals surface area (Å²) in [7, 11) is 3.68. The third kappa shape index (κ3) is 28.1. The Kier molecular flexibility index (Phi) is 43.5. The number of likely N-dealkylation sites (N-methyl/N-ethyl adjacent to an activating group) is 2. The fourth-order valence-electron chi connectivity index (χ4n) is 8.45. The van der Waals surface area contributed by atoms with E-state index in [2.05, 4.69) is 24.5 Å². The largest absolute Gasteiger partial charge is 0.483 e. The van der Waals surface area contributed by atoms with E-state index < -0.39 is 59.1 Å². The molecule has 6 rings (SSSR count). The Morgan fingerprint density at radius 1 is 0.570 bits per heavy atom. The van der Waals surface area contributed by atoms with Crippen LogP contribution >= 0.6 is 24.8 Å². The van der Waals surface area contributed by atoms with Crippen molar-refractivity contribution in [1.82, 2.24) is 20.4 Å². The van der Waals surface area contributed by atoms with Crippen LogP contribution in [0.15, 0.2) is 36.4 Å². The van der Waals surface area contributed by atoms with Gasteiger partial charge < -0.3 is 62.7 Å².